The first-order chi connectivity index (χ1) is 13.1. The molecule has 0 saturated heterocycles. The van der Waals surface area contributed by atoms with Crippen LogP contribution in [0.2, 0.25) is 0 Å². The predicted octanol–water partition coefficient (Wildman–Crippen LogP) is 5.01. The van der Waals surface area contributed by atoms with E-state index in [1.54, 1.807) is 11.8 Å². The van der Waals surface area contributed by atoms with Crippen LogP contribution in [-0.2, 0) is 5.75 Å². The molecule has 2 heterocycles. The van der Waals surface area contributed by atoms with Gasteiger partial charge in [-0.1, -0.05) is 46.3 Å². The summed E-state index contributed by atoms with van der Waals surface area (Å²) in [6, 6.07) is 18.1. The summed E-state index contributed by atoms with van der Waals surface area (Å²) in [6.07, 6.45) is 0. The summed E-state index contributed by atoms with van der Waals surface area (Å²) in [6.45, 7) is 0. The number of fused-ring (bicyclic) bond motifs is 2. The van der Waals surface area contributed by atoms with Crippen LogP contribution in [0.1, 0.15) is 27.5 Å². The first-order valence-corrected chi connectivity index (χ1v) is 10.0. The summed E-state index contributed by atoms with van der Waals surface area (Å²) in [7, 11) is 0. The Hall–Kier alpha value is -2.69. The molecule has 4 N–H and O–H groups in total. The van der Waals surface area contributed by atoms with E-state index < -0.39 is 0 Å². The first-order valence-electron chi connectivity index (χ1n) is 8.20. The van der Waals surface area contributed by atoms with Crippen LogP contribution in [0, 0.1) is 11.3 Å². The number of pyridine rings is 1. The van der Waals surface area contributed by atoms with Crippen molar-refractivity contribution in [3.63, 3.8) is 0 Å². The van der Waals surface area contributed by atoms with Gasteiger partial charge >= 0.3 is 0 Å². The molecule has 7 heteroatoms. The Labute approximate surface area is 169 Å². The van der Waals surface area contributed by atoms with Crippen molar-refractivity contribution in [2.75, 3.05) is 11.5 Å². The van der Waals surface area contributed by atoms with Gasteiger partial charge < -0.3 is 16.2 Å². The van der Waals surface area contributed by atoms with Gasteiger partial charge in [0.25, 0.3) is 0 Å². The number of nitriles is 1. The fraction of sp³-hybridized carbons (Fsp3) is 0.100. The van der Waals surface area contributed by atoms with Gasteiger partial charge in [-0.15, -0.1) is 11.8 Å². The van der Waals surface area contributed by atoms with E-state index in [0.29, 0.717) is 22.9 Å². The molecule has 4 rings (SSSR count). The van der Waals surface area contributed by atoms with Crippen LogP contribution in [-0.4, -0.2) is 4.98 Å². The smallest absolute Gasteiger partial charge is 0.228 e. The maximum absolute atomic E-state index is 9.43. The quantitative estimate of drug-likeness (QED) is 0.596. The molecule has 27 heavy (non-hydrogen) atoms. The van der Waals surface area contributed by atoms with Gasteiger partial charge in [-0.25, -0.2) is 0 Å². The van der Waals surface area contributed by atoms with E-state index in [0.717, 1.165) is 15.8 Å². The van der Waals surface area contributed by atoms with Gasteiger partial charge in [-0.3, -0.25) is 0 Å². The molecule has 1 unspecified atom stereocenters. The lowest BCUT2D eigenvalue weighted by Crippen LogP contribution is -2.15. The minimum Gasteiger partial charge on any atom is -0.438 e. The second kappa shape index (κ2) is 7.14. The van der Waals surface area contributed by atoms with Crippen LogP contribution in [0.4, 0.5) is 11.5 Å². The molecule has 1 aliphatic heterocycles. The van der Waals surface area contributed by atoms with Gasteiger partial charge in [0, 0.05) is 15.8 Å². The third-order valence-electron chi connectivity index (χ3n) is 4.36. The fourth-order valence-electron chi connectivity index (χ4n) is 3.07. The topological polar surface area (TPSA) is 98.0 Å². The Kier molecular flexibility index (Phi) is 4.68. The normalized spacial score (nSPS) is 14.6. The standard InChI is InChI=1S/C20H15BrN4OS/c21-12-6-7-15-13(8-12)18(27-10-11-4-2-1-3-5-11)16-17(23)14(9-22)19(24)25-20(16)26-15/h1-8,18H,10H2,(H4,23,24,25). The van der Waals surface area contributed by atoms with Crippen molar-refractivity contribution < 1.29 is 4.74 Å². The van der Waals surface area contributed by atoms with Crippen molar-refractivity contribution >= 4 is 39.2 Å². The third kappa shape index (κ3) is 3.22. The van der Waals surface area contributed by atoms with Crippen molar-refractivity contribution in [1.82, 2.24) is 4.98 Å². The zero-order valence-corrected chi connectivity index (χ0v) is 16.5. The number of hydrogen-bond donors (Lipinski definition) is 2. The lowest BCUT2D eigenvalue weighted by Gasteiger charge is -2.29. The van der Waals surface area contributed by atoms with Crippen molar-refractivity contribution in [3.05, 3.63) is 75.3 Å². The maximum atomic E-state index is 9.43. The number of aromatic nitrogens is 1. The number of nitrogens with zero attached hydrogens (tertiary/aromatic N) is 2. The molecule has 134 valence electrons. The number of nitrogens with two attached hydrogens (primary N) is 2. The third-order valence-corrected chi connectivity index (χ3v) is 6.18. The van der Waals surface area contributed by atoms with Crippen LogP contribution < -0.4 is 16.2 Å². The predicted molar refractivity (Wildman–Crippen MR) is 112 cm³/mol. The molecule has 1 atom stereocenters. The number of halogens is 1. The summed E-state index contributed by atoms with van der Waals surface area (Å²) < 4.78 is 6.91. The average molecular weight is 439 g/mol. The molecular formula is C20H15BrN4OS. The number of rotatable bonds is 3. The molecule has 2 aromatic carbocycles. The molecule has 0 saturated carbocycles. The van der Waals surface area contributed by atoms with Gasteiger partial charge in [0.2, 0.25) is 5.88 Å². The average Bonchev–Trinajstić information content (AvgIpc) is 2.66. The Morgan fingerprint density at radius 2 is 1.96 bits per heavy atom. The van der Waals surface area contributed by atoms with Gasteiger partial charge in [0.05, 0.1) is 16.5 Å². The van der Waals surface area contributed by atoms with E-state index in [-0.39, 0.29) is 16.6 Å². The molecule has 0 bridgehead atoms. The van der Waals surface area contributed by atoms with Gasteiger partial charge in [-0.05, 0) is 23.8 Å². The van der Waals surface area contributed by atoms with E-state index >= 15 is 0 Å². The van der Waals surface area contributed by atoms with E-state index in [4.69, 9.17) is 16.2 Å². The van der Waals surface area contributed by atoms with Crippen molar-refractivity contribution in [2.24, 2.45) is 0 Å². The monoisotopic (exact) mass is 438 g/mol. The summed E-state index contributed by atoms with van der Waals surface area (Å²) in [4.78, 5) is 4.30. The highest BCUT2D eigenvalue weighted by Crippen LogP contribution is 2.53. The van der Waals surface area contributed by atoms with Gasteiger partial charge in [0.1, 0.15) is 23.2 Å². The molecule has 0 spiro atoms. The molecular weight excluding hydrogens is 424 g/mol. The number of nitrogen functional groups attached to an aromatic ring is 2. The second-order valence-electron chi connectivity index (χ2n) is 6.08. The van der Waals surface area contributed by atoms with E-state index in [1.165, 1.54) is 5.56 Å². The second-order valence-corrected chi connectivity index (χ2v) is 8.09. The van der Waals surface area contributed by atoms with Gasteiger partial charge in [0.15, 0.2) is 0 Å². The molecule has 1 aromatic heterocycles. The zero-order valence-electron chi connectivity index (χ0n) is 14.1. The summed E-state index contributed by atoms with van der Waals surface area (Å²) >= 11 is 5.24. The van der Waals surface area contributed by atoms with Crippen LogP contribution in [0.25, 0.3) is 0 Å². The number of benzene rings is 2. The lowest BCUT2D eigenvalue weighted by molar-refractivity contribution is 0.441. The molecule has 0 radical (unpaired) electrons. The molecule has 1 aliphatic rings. The Morgan fingerprint density at radius 3 is 2.70 bits per heavy atom. The number of ether oxygens (including phenoxy) is 1. The first kappa shape index (κ1) is 17.7. The van der Waals surface area contributed by atoms with Crippen molar-refractivity contribution in [1.29, 1.82) is 5.26 Å². The van der Waals surface area contributed by atoms with Crippen LogP contribution in [0.5, 0.6) is 11.6 Å². The van der Waals surface area contributed by atoms with E-state index in [1.807, 2.05) is 36.4 Å². The van der Waals surface area contributed by atoms with Crippen molar-refractivity contribution in [3.8, 4) is 17.7 Å². The minimum atomic E-state index is -0.123. The lowest BCUT2D eigenvalue weighted by atomic mass is 9.98. The minimum absolute atomic E-state index is 0.0844. The number of hydrogen-bond acceptors (Lipinski definition) is 6. The summed E-state index contributed by atoms with van der Waals surface area (Å²) in [5, 5.41) is 9.31. The van der Waals surface area contributed by atoms with E-state index in [2.05, 4.69) is 39.1 Å². The largest absolute Gasteiger partial charge is 0.438 e. The zero-order chi connectivity index (χ0) is 19.0. The van der Waals surface area contributed by atoms with Crippen LogP contribution >= 0.6 is 27.7 Å². The molecule has 5 nitrogen and oxygen atoms in total. The summed E-state index contributed by atoms with van der Waals surface area (Å²) in [5.74, 6) is 1.94. The highest BCUT2D eigenvalue weighted by atomic mass is 79.9. The maximum Gasteiger partial charge on any atom is 0.228 e. The fourth-order valence-corrected chi connectivity index (χ4v) is 4.75. The SMILES string of the molecule is N#Cc1c(N)nc2c(c1N)C(SCc1ccccc1)c1cc(Br)ccc1O2. The molecule has 0 amide bonds. The van der Waals surface area contributed by atoms with E-state index in [9.17, 15) is 5.26 Å². The molecule has 0 fully saturated rings. The van der Waals surface area contributed by atoms with Crippen LogP contribution in [0.3, 0.4) is 0 Å². The van der Waals surface area contributed by atoms with Crippen molar-refractivity contribution in [2.45, 2.75) is 11.0 Å². The Morgan fingerprint density at radius 1 is 1.19 bits per heavy atom. The van der Waals surface area contributed by atoms with Gasteiger partial charge in [-0.2, -0.15) is 10.2 Å². The molecule has 0 aliphatic carbocycles. The van der Waals surface area contributed by atoms with Crippen LogP contribution in [0.15, 0.2) is 53.0 Å². The Balaban J connectivity index is 1.83. The Bertz CT molecular complexity index is 1070. The summed E-state index contributed by atoms with van der Waals surface area (Å²) in [5.41, 5.74) is 15.6. The highest BCUT2D eigenvalue weighted by molar-refractivity contribution is 9.10. The highest BCUT2D eigenvalue weighted by Gasteiger charge is 2.33. The number of thioether (sulfide) groups is 1. The number of anilines is 2. The molecule has 3 aromatic rings.